The van der Waals surface area contributed by atoms with Crippen molar-refractivity contribution in [2.24, 2.45) is 0 Å². The first kappa shape index (κ1) is 14.8. The van der Waals surface area contributed by atoms with Crippen LogP contribution in [0.15, 0.2) is 48.7 Å². The van der Waals surface area contributed by atoms with Gasteiger partial charge in [-0.3, -0.25) is 0 Å². The highest BCUT2D eigenvalue weighted by Gasteiger charge is 2.17. The Hall–Kier alpha value is -2.13. The number of rotatable bonds is 1. The summed E-state index contributed by atoms with van der Waals surface area (Å²) in [5.74, 6) is -0.147. The first-order chi connectivity index (χ1) is 10.8. The summed E-state index contributed by atoms with van der Waals surface area (Å²) in [7, 11) is 3.75. The minimum atomic E-state index is -0.147. The van der Waals surface area contributed by atoms with Gasteiger partial charge >= 0.3 is 0 Å². The molecule has 1 aromatic heterocycles. The van der Waals surface area contributed by atoms with Crippen LogP contribution < -0.4 is 5.32 Å². The fourth-order valence-corrected chi connectivity index (χ4v) is 3.15. The molecule has 1 N–H and O–H groups in total. The molecule has 0 radical (unpaired) electrons. The van der Waals surface area contributed by atoms with Gasteiger partial charge in [-0.2, -0.15) is 0 Å². The summed E-state index contributed by atoms with van der Waals surface area (Å²) in [5, 5.41) is 3.92. The summed E-state index contributed by atoms with van der Waals surface area (Å²) >= 11 is 0. The first-order valence-corrected chi connectivity index (χ1v) is 7.70. The summed E-state index contributed by atoms with van der Waals surface area (Å²) < 4.78 is 16.3. The van der Waals surface area contributed by atoms with Crippen LogP contribution in [0.4, 0.5) is 4.39 Å². The molecule has 2 nitrogen and oxygen atoms in total. The molecule has 0 amide bonds. The number of hydrogen-bond acceptors (Lipinski definition) is 1. The highest BCUT2D eigenvalue weighted by atomic mass is 19.1. The number of aromatic nitrogens is 1. The van der Waals surface area contributed by atoms with E-state index in [1.165, 1.54) is 22.5 Å². The van der Waals surface area contributed by atoms with E-state index in [9.17, 15) is 4.39 Å². The summed E-state index contributed by atoms with van der Waals surface area (Å²) in [6, 6.07) is 13.4. The zero-order chi connectivity index (χ0) is 15.5. The fraction of sp³-hybridized carbons (Fsp3) is 0.263. The molecule has 0 atom stereocenters. The molecular weight excluding hydrogens is 275 g/mol. The molecule has 0 aliphatic carbocycles. The lowest BCUT2D eigenvalue weighted by Crippen LogP contribution is -2.05. The molecule has 0 fully saturated rings. The average Bonchev–Trinajstić information content (AvgIpc) is 2.90. The average molecular weight is 296 g/mol. The molecule has 1 aliphatic heterocycles. The van der Waals surface area contributed by atoms with Crippen molar-refractivity contribution >= 4 is 10.9 Å². The smallest absolute Gasteiger partial charge is 0.131 e. The number of hydrogen-bond donors (Lipinski definition) is 1. The van der Waals surface area contributed by atoms with Crippen molar-refractivity contribution in [2.75, 3.05) is 14.1 Å². The second-order valence-corrected chi connectivity index (χ2v) is 5.63. The van der Waals surface area contributed by atoms with Gasteiger partial charge in [0.05, 0.1) is 5.52 Å². The molecule has 3 aromatic rings. The lowest BCUT2D eigenvalue weighted by atomic mass is 10.00. The standard InChI is InChI=1S/C17H14FN.C2H7N/c18-16-9-2-1-7-13(16)15-11-19-10-4-6-12-5-3-8-14(15)17(12)19;1-3-2/h1-3,5,7-9,11H,4,6,10H2;3H,1-2H3. The number of benzene rings is 2. The molecule has 22 heavy (non-hydrogen) atoms. The van der Waals surface area contributed by atoms with E-state index in [0.29, 0.717) is 5.56 Å². The minimum absolute atomic E-state index is 0.147. The van der Waals surface area contributed by atoms with E-state index >= 15 is 0 Å². The number of para-hydroxylation sites is 1. The van der Waals surface area contributed by atoms with Gasteiger partial charge in [0, 0.05) is 29.3 Å². The molecular formula is C19H21FN2. The lowest BCUT2D eigenvalue weighted by molar-refractivity contribution is 0.629. The van der Waals surface area contributed by atoms with Crippen molar-refractivity contribution in [2.45, 2.75) is 19.4 Å². The Kier molecular flexibility index (Phi) is 4.25. The Morgan fingerprint density at radius 3 is 2.55 bits per heavy atom. The SMILES string of the molecule is CNC.Fc1ccccc1-c1cn2c3c(cccc13)CCC2. The van der Waals surface area contributed by atoms with E-state index < -0.39 is 0 Å². The van der Waals surface area contributed by atoms with Gasteiger partial charge in [0.2, 0.25) is 0 Å². The highest BCUT2D eigenvalue weighted by molar-refractivity contribution is 5.98. The first-order valence-electron chi connectivity index (χ1n) is 7.70. The largest absolute Gasteiger partial charge is 0.347 e. The van der Waals surface area contributed by atoms with Crippen LogP contribution in [0.5, 0.6) is 0 Å². The maximum absolute atomic E-state index is 14.0. The summed E-state index contributed by atoms with van der Waals surface area (Å²) in [6.45, 7) is 1.03. The molecule has 114 valence electrons. The van der Waals surface area contributed by atoms with E-state index in [1.54, 1.807) is 6.07 Å². The van der Waals surface area contributed by atoms with E-state index in [2.05, 4.69) is 34.3 Å². The molecule has 0 bridgehead atoms. The van der Waals surface area contributed by atoms with Crippen molar-refractivity contribution in [1.29, 1.82) is 0 Å². The van der Waals surface area contributed by atoms with E-state index in [1.807, 2.05) is 26.2 Å². The number of aryl methyl sites for hydroxylation is 2. The molecule has 1 aliphatic rings. The van der Waals surface area contributed by atoms with Crippen molar-refractivity contribution in [3.63, 3.8) is 0 Å². The third-order valence-corrected chi connectivity index (χ3v) is 3.99. The summed E-state index contributed by atoms with van der Waals surface area (Å²) in [6.07, 6.45) is 4.39. The Bertz CT molecular complexity index is 789. The van der Waals surface area contributed by atoms with Gasteiger partial charge in [0.1, 0.15) is 5.82 Å². The fourth-order valence-electron chi connectivity index (χ4n) is 3.15. The Labute approximate surface area is 130 Å². The number of halogens is 1. The van der Waals surface area contributed by atoms with Gasteiger partial charge in [-0.1, -0.05) is 36.4 Å². The molecule has 2 aromatic carbocycles. The second-order valence-electron chi connectivity index (χ2n) is 5.63. The lowest BCUT2D eigenvalue weighted by Gasteiger charge is -2.14. The molecule has 2 heterocycles. The Morgan fingerprint density at radius 2 is 1.77 bits per heavy atom. The molecule has 0 saturated heterocycles. The predicted molar refractivity (Wildman–Crippen MR) is 90.6 cm³/mol. The minimum Gasteiger partial charge on any atom is -0.347 e. The quantitative estimate of drug-likeness (QED) is 0.711. The van der Waals surface area contributed by atoms with E-state index in [-0.39, 0.29) is 5.82 Å². The van der Waals surface area contributed by atoms with Gasteiger partial charge in [-0.25, -0.2) is 4.39 Å². The van der Waals surface area contributed by atoms with Crippen LogP contribution >= 0.6 is 0 Å². The van der Waals surface area contributed by atoms with Crippen LogP contribution in [-0.4, -0.2) is 18.7 Å². The third kappa shape index (κ3) is 2.53. The van der Waals surface area contributed by atoms with Crippen LogP contribution in [0.3, 0.4) is 0 Å². The van der Waals surface area contributed by atoms with Gasteiger partial charge in [-0.15, -0.1) is 0 Å². The van der Waals surface area contributed by atoms with Crippen LogP contribution in [0.1, 0.15) is 12.0 Å². The zero-order valence-electron chi connectivity index (χ0n) is 13.1. The van der Waals surface area contributed by atoms with Crippen LogP contribution in [0.25, 0.3) is 22.0 Å². The van der Waals surface area contributed by atoms with Gasteiger partial charge in [0.15, 0.2) is 0 Å². The Balaban J connectivity index is 0.000000446. The molecule has 3 heteroatoms. The highest BCUT2D eigenvalue weighted by Crippen LogP contribution is 2.35. The van der Waals surface area contributed by atoms with Crippen LogP contribution in [-0.2, 0) is 13.0 Å². The van der Waals surface area contributed by atoms with E-state index in [0.717, 1.165) is 24.9 Å². The zero-order valence-corrected chi connectivity index (χ0v) is 13.1. The molecule has 4 rings (SSSR count). The second kappa shape index (κ2) is 6.32. The van der Waals surface area contributed by atoms with Crippen molar-refractivity contribution in [3.8, 4) is 11.1 Å². The molecule has 0 saturated carbocycles. The number of nitrogens with zero attached hydrogens (tertiary/aromatic N) is 1. The normalized spacial score (nSPS) is 12.9. The van der Waals surface area contributed by atoms with Crippen LogP contribution in [0.2, 0.25) is 0 Å². The van der Waals surface area contributed by atoms with E-state index in [4.69, 9.17) is 0 Å². The molecule has 0 unspecified atom stereocenters. The van der Waals surface area contributed by atoms with Crippen molar-refractivity contribution < 1.29 is 4.39 Å². The van der Waals surface area contributed by atoms with Gasteiger partial charge in [-0.05, 0) is 38.6 Å². The Morgan fingerprint density at radius 1 is 1.00 bits per heavy atom. The van der Waals surface area contributed by atoms with Crippen molar-refractivity contribution in [1.82, 2.24) is 9.88 Å². The van der Waals surface area contributed by atoms with Gasteiger partial charge in [0.25, 0.3) is 0 Å². The van der Waals surface area contributed by atoms with Gasteiger partial charge < -0.3 is 9.88 Å². The topological polar surface area (TPSA) is 17.0 Å². The maximum Gasteiger partial charge on any atom is 0.131 e. The summed E-state index contributed by atoms with van der Waals surface area (Å²) in [5.41, 5.74) is 4.38. The summed E-state index contributed by atoms with van der Waals surface area (Å²) in [4.78, 5) is 0. The van der Waals surface area contributed by atoms with Crippen molar-refractivity contribution in [3.05, 3.63) is 60.0 Å². The predicted octanol–water partition coefficient (Wildman–Crippen LogP) is 4.23. The van der Waals surface area contributed by atoms with Crippen LogP contribution in [0, 0.1) is 5.82 Å². The monoisotopic (exact) mass is 296 g/mol. The number of nitrogens with one attached hydrogen (secondary N) is 1. The maximum atomic E-state index is 14.0. The molecule has 0 spiro atoms. The third-order valence-electron chi connectivity index (χ3n) is 3.99.